The number of carbonyl (C=O) groups excluding carboxylic acids is 1. The maximum Gasteiger partial charge on any atom is 0.373 e. The molecular formula is C12H19ClN2O3. The Morgan fingerprint density at radius 1 is 1.61 bits per heavy atom. The van der Waals surface area contributed by atoms with Gasteiger partial charge in [-0.3, -0.25) is 4.90 Å². The normalized spacial score (nSPS) is 20.2. The average Bonchev–Trinajstić information content (AvgIpc) is 2.80. The molecular weight excluding hydrogens is 256 g/mol. The van der Waals surface area contributed by atoms with Crippen molar-refractivity contribution in [1.82, 2.24) is 10.2 Å². The first-order chi connectivity index (χ1) is 8.20. The summed E-state index contributed by atoms with van der Waals surface area (Å²) < 4.78 is 10.1. The van der Waals surface area contributed by atoms with Crippen LogP contribution in [0, 0.1) is 0 Å². The summed E-state index contributed by atoms with van der Waals surface area (Å²) in [7, 11) is 1.35. The number of hydrogen-bond acceptors (Lipinski definition) is 5. The van der Waals surface area contributed by atoms with Crippen LogP contribution in [0.15, 0.2) is 16.5 Å². The fraction of sp³-hybridized carbons (Fsp3) is 0.583. The molecule has 18 heavy (non-hydrogen) atoms. The number of rotatable bonds is 3. The quantitative estimate of drug-likeness (QED) is 0.842. The Morgan fingerprint density at radius 2 is 2.39 bits per heavy atom. The second kappa shape index (κ2) is 6.78. The van der Waals surface area contributed by atoms with E-state index in [0.717, 1.165) is 31.9 Å². The van der Waals surface area contributed by atoms with Crippen molar-refractivity contribution in [3.05, 3.63) is 23.7 Å². The Bertz CT molecular complexity index is 394. The number of nitrogens with zero attached hydrogens (tertiary/aromatic N) is 1. The molecule has 0 radical (unpaired) electrons. The van der Waals surface area contributed by atoms with Gasteiger partial charge < -0.3 is 14.5 Å². The number of methoxy groups -OCH3 is 1. The van der Waals surface area contributed by atoms with Crippen LogP contribution in [0.3, 0.4) is 0 Å². The van der Waals surface area contributed by atoms with Crippen LogP contribution < -0.4 is 5.32 Å². The van der Waals surface area contributed by atoms with Gasteiger partial charge in [0.05, 0.1) is 13.7 Å². The van der Waals surface area contributed by atoms with E-state index in [0.29, 0.717) is 6.04 Å². The lowest BCUT2D eigenvalue weighted by Gasteiger charge is -2.33. The maximum atomic E-state index is 11.2. The SMILES string of the molecule is COC(=O)c1ccc(CN2CCNC[C@H]2C)o1.Cl. The maximum absolute atomic E-state index is 11.2. The number of nitrogens with one attached hydrogen (secondary N) is 1. The van der Waals surface area contributed by atoms with Crippen molar-refractivity contribution in [3.63, 3.8) is 0 Å². The van der Waals surface area contributed by atoms with Crippen molar-refractivity contribution in [2.75, 3.05) is 26.7 Å². The van der Waals surface area contributed by atoms with Gasteiger partial charge in [-0.25, -0.2) is 4.79 Å². The van der Waals surface area contributed by atoms with Crippen LogP contribution in [0.4, 0.5) is 0 Å². The molecule has 6 heteroatoms. The van der Waals surface area contributed by atoms with Gasteiger partial charge in [0, 0.05) is 25.7 Å². The first-order valence-corrected chi connectivity index (χ1v) is 5.82. The number of hydrogen-bond donors (Lipinski definition) is 1. The number of furan rings is 1. The largest absolute Gasteiger partial charge is 0.463 e. The van der Waals surface area contributed by atoms with Crippen LogP contribution in [-0.4, -0.2) is 43.7 Å². The van der Waals surface area contributed by atoms with Gasteiger partial charge in [-0.05, 0) is 19.1 Å². The predicted octanol–water partition coefficient (Wildman–Crippen LogP) is 1.28. The zero-order valence-corrected chi connectivity index (χ0v) is 11.5. The lowest BCUT2D eigenvalue weighted by molar-refractivity contribution is 0.0559. The lowest BCUT2D eigenvalue weighted by atomic mass is 10.2. The van der Waals surface area contributed by atoms with Gasteiger partial charge in [-0.15, -0.1) is 12.4 Å². The molecule has 2 rings (SSSR count). The monoisotopic (exact) mass is 274 g/mol. The molecule has 0 amide bonds. The predicted molar refractivity (Wildman–Crippen MR) is 70.0 cm³/mol. The van der Waals surface area contributed by atoms with E-state index < -0.39 is 5.97 Å². The van der Waals surface area contributed by atoms with E-state index >= 15 is 0 Å². The standard InChI is InChI=1S/C12H18N2O3.ClH/c1-9-7-13-5-6-14(9)8-10-3-4-11(17-10)12(15)16-2;/h3-4,9,13H,5-8H2,1-2H3;1H/t9-;/m1./s1. The zero-order chi connectivity index (χ0) is 12.3. The summed E-state index contributed by atoms with van der Waals surface area (Å²) >= 11 is 0. The van der Waals surface area contributed by atoms with E-state index in [1.807, 2.05) is 6.07 Å². The molecule has 1 N–H and O–H groups in total. The minimum absolute atomic E-state index is 0. The highest BCUT2D eigenvalue weighted by Crippen LogP contribution is 2.14. The molecule has 1 aromatic heterocycles. The Balaban J connectivity index is 0.00000162. The highest BCUT2D eigenvalue weighted by atomic mass is 35.5. The fourth-order valence-corrected chi connectivity index (χ4v) is 1.99. The van der Waals surface area contributed by atoms with Crippen molar-refractivity contribution in [3.8, 4) is 0 Å². The number of ether oxygens (including phenoxy) is 1. The smallest absolute Gasteiger partial charge is 0.373 e. The molecule has 0 unspecified atom stereocenters. The van der Waals surface area contributed by atoms with Gasteiger partial charge in [-0.1, -0.05) is 0 Å². The highest BCUT2D eigenvalue weighted by Gasteiger charge is 2.20. The molecule has 0 spiro atoms. The van der Waals surface area contributed by atoms with E-state index in [9.17, 15) is 4.79 Å². The third kappa shape index (κ3) is 3.48. The molecule has 2 heterocycles. The summed E-state index contributed by atoms with van der Waals surface area (Å²) in [6, 6.07) is 3.98. The molecule has 1 aliphatic heterocycles. The van der Waals surface area contributed by atoms with Crippen LogP contribution in [0.25, 0.3) is 0 Å². The molecule has 1 atom stereocenters. The van der Waals surface area contributed by atoms with Gasteiger partial charge in [0.25, 0.3) is 0 Å². The van der Waals surface area contributed by atoms with Crippen LogP contribution >= 0.6 is 12.4 Å². The van der Waals surface area contributed by atoms with E-state index in [1.165, 1.54) is 7.11 Å². The number of halogens is 1. The molecule has 0 aromatic carbocycles. The number of carbonyl (C=O) groups is 1. The molecule has 0 saturated carbocycles. The molecule has 0 bridgehead atoms. The molecule has 5 nitrogen and oxygen atoms in total. The molecule has 1 aromatic rings. The molecule has 1 fully saturated rings. The Labute approximate surface area is 113 Å². The zero-order valence-electron chi connectivity index (χ0n) is 10.6. The van der Waals surface area contributed by atoms with Gasteiger partial charge >= 0.3 is 5.97 Å². The van der Waals surface area contributed by atoms with Gasteiger partial charge in [-0.2, -0.15) is 0 Å². The first-order valence-electron chi connectivity index (χ1n) is 5.82. The van der Waals surface area contributed by atoms with E-state index in [1.54, 1.807) is 6.07 Å². The molecule has 1 saturated heterocycles. The topological polar surface area (TPSA) is 54.7 Å². The Kier molecular flexibility index (Phi) is 5.65. The van der Waals surface area contributed by atoms with E-state index in [-0.39, 0.29) is 18.2 Å². The highest BCUT2D eigenvalue weighted by molar-refractivity contribution is 5.86. The summed E-state index contributed by atoms with van der Waals surface area (Å²) in [5.74, 6) is 0.647. The third-order valence-electron chi connectivity index (χ3n) is 3.05. The van der Waals surface area contributed by atoms with Crippen molar-refractivity contribution < 1.29 is 13.9 Å². The van der Waals surface area contributed by atoms with Crippen LogP contribution in [0.2, 0.25) is 0 Å². The van der Waals surface area contributed by atoms with Crippen LogP contribution in [-0.2, 0) is 11.3 Å². The van der Waals surface area contributed by atoms with Crippen molar-refractivity contribution in [2.24, 2.45) is 0 Å². The summed E-state index contributed by atoms with van der Waals surface area (Å²) in [5, 5.41) is 3.34. The third-order valence-corrected chi connectivity index (χ3v) is 3.05. The molecule has 1 aliphatic rings. The Hall–Kier alpha value is -1.04. The second-order valence-corrected chi connectivity index (χ2v) is 4.28. The van der Waals surface area contributed by atoms with Gasteiger partial charge in [0.15, 0.2) is 0 Å². The summed E-state index contributed by atoms with van der Waals surface area (Å²) in [6.07, 6.45) is 0. The minimum Gasteiger partial charge on any atom is -0.463 e. The van der Waals surface area contributed by atoms with Crippen molar-refractivity contribution >= 4 is 18.4 Å². The minimum atomic E-state index is -0.426. The average molecular weight is 275 g/mol. The Morgan fingerprint density at radius 3 is 3.06 bits per heavy atom. The lowest BCUT2D eigenvalue weighted by Crippen LogP contribution is -2.49. The fourth-order valence-electron chi connectivity index (χ4n) is 1.99. The van der Waals surface area contributed by atoms with Crippen molar-refractivity contribution in [1.29, 1.82) is 0 Å². The van der Waals surface area contributed by atoms with Crippen LogP contribution in [0.5, 0.6) is 0 Å². The van der Waals surface area contributed by atoms with Gasteiger partial charge in [0.1, 0.15) is 5.76 Å². The van der Waals surface area contributed by atoms with Crippen LogP contribution in [0.1, 0.15) is 23.2 Å². The summed E-state index contributed by atoms with van der Waals surface area (Å²) in [5.41, 5.74) is 0. The summed E-state index contributed by atoms with van der Waals surface area (Å²) in [6.45, 7) is 5.89. The van der Waals surface area contributed by atoms with Gasteiger partial charge in [0.2, 0.25) is 5.76 Å². The van der Waals surface area contributed by atoms with E-state index in [4.69, 9.17) is 4.42 Å². The number of piperazine rings is 1. The van der Waals surface area contributed by atoms with Crippen molar-refractivity contribution in [2.45, 2.75) is 19.5 Å². The summed E-state index contributed by atoms with van der Waals surface area (Å²) in [4.78, 5) is 13.6. The molecule has 0 aliphatic carbocycles. The number of esters is 1. The second-order valence-electron chi connectivity index (χ2n) is 4.28. The van der Waals surface area contributed by atoms with E-state index in [2.05, 4.69) is 21.9 Å². The molecule has 102 valence electrons. The first kappa shape index (κ1) is 15.0.